The molecule has 2 rings (SSSR count). The predicted molar refractivity (Wildman–Crippen MR) is 108 cm³/mol. The molecule has 0 aromatic rings. The summed E-state index contributed by atoms with van der Waals surface area (Å²) in [6.07, 6.45) is 3.81. The van der Waals surface area contributed by atoms with E-state index in [0.29, 0.717) is 6.04 Å². The zero-order chi connectivity index (χ0) is 18.6. The molecule has 0 bridgehead atoms. The van der Waals surface area contributed by atoms with Gasteiger partial charge in [-0.1, -0.05) is 0 Å². The molecule has 0 aliphatic carbocycles. The molecule has 26 heavy (non-hydrogen) atoms. The van der Waals surface area contributed by atoms with E-state index in [0.717, 1.165) is 19.8 Å². The maximum absolute atomic E-state index is 5.20. The summed E-state index contributed by atoms with van der Waals surface area (Å²) in [6.45, 7) is 17.4. The summed E-state index contributed by atoms with van der Waals surface area (Å²) in [6, 6.07) is 0.667. The minimum Gasteiger partial charge on any atom is -0.385 e. The largest absolute Gasteiger partial charge is 0.385 e. The summed E-state index contributed by atoms with van der Waals surface area (Å²) >= 11 is 0. The molecule has 154 valence electrons. The molecule has 2 aliphatic rings. The van der Waals surface area contributed by atoms with Gasteiger partial charge in [0.15, 0.2) is 0 Å². The molecule has 1 unspecified atom stereocenters. The molecule has 0 N–H and O–H groups in total. The van der Waals surface area contributed by atoms with Gasteiger partial charge in [0.1, 0.15) is 0 Å². The topological polar surface area (TPSA) is 31.4 Å². The molecule has 0 aromatic heterocycles. The maximum Gasteiger partial charge on any atom is 0.0589 e. The Morgan fingerprint density at radius 1 is 0.654 bits per heavy atom. The molecule has 2 fully saturated rings. The van der Waals surface area contributed by atoms with E-state index in [1.807, 2.05) is 0 Å². The molecule has 1 atom stereocenters. The van der Waals surface area contributed by atoms with Crippen LogP contribution in [0.3, 0.4) is 0 Å². The monoisotopic (exact) mass is 370 g/mol. The number of ether oxygens (including phenoxy) is 2. The van der Waals surface area contributed by atoms with E-state index in [1.54, 1.807) is 14.2 Å². The van der Waals surface area contributed by atoms with Crippen molar-refractivity contribution in [2.24, 2.45) is 0 Å². The fourth-order valence-corrected chi connectivity index (χ4v) is 4.09. The van der Waals surface area contributed by atoms with Crippen LogP contribution in [0.25, 0.3) is 0 Å². The van der Waals surface area contributed by atoms with Crippen LogP contribution < -0.4 is 0 Å². The van der Waals surface area contributed by atoms with Crippen molar-refractivity contribution in [3.8, 4) is 0 Å². The van der Waals surface area contributed by atoms with E-state index in [9.17, 15) is 0 Å². The minimum atomic E-state index is 0.667. The Labute approximate surface area is 161 Å². The molecule has 0 amide bonds. The fraction of sp³-hybridized carbons (Fsp3) is 1.00. The molecule has 0 saturated carbocycles. The smallest absolute Gasteiger partial charge is 0.0589 e. The Balaban J connectivity index is 1.55. The summed E-state index contributed by atoms with van der Waals surface area (Å²) in [4.78, 5) is 10.5. The second-order valence-electron chi connectivity index (χ2n) is 7.92. The lowest BCUT2D eigenvalue weighted by atomic mass is 10.2. The number of nitrogens with zero attached hydrogens (tertiary/aromatic N) is 4. The van der Waals surface area contributed by atoms with Gasteiger partial charge in [-0.15, -0.1) is 0 Å². The highest BCUT2D eigenvalue weighted by atomic mass is 16.5. The van der Waals surface area contributed by atoms with Crippen molar-refractivity contribution in [2.45, 2.75) is 32.2 Å². The van der Waals surface area contributed by atoms with Crippen LogP contribution in [0.5, 0.6) is 0 Å². The van der Waals surface area contributed by atoms with Crippen molar-refractivity contribution in [1.29, 1.82) is 0 Å². The van der Waals surface area contributed by atoms with Crippen LogP contribution in [0.2, 0.25) is 0 Å². The summed E-state index contributed by atoms with van der Waals surface area (Å²) in [7, 11) is 3.58. The number of hydrogen-bond donors (Lipinski definition) is 0. The Bertz CT molecular complexity index is 343. The van der Waals surface area contributed by atoms with E-state index in [1.165, 1.54) is 84.7 Å². The molecule has 2 saturated heterocycles. The summed E-state index contributed by atoms with van der Waals surface area (Å²) in [5, 5.41) is 0. The van der Waals surface area contributed by atoms with Gasteiger partial charge in [0.25, 0.3) is 0 Å². The van der Waals surface area contributed by atoms with Crippen LogP contribution >= 0.6 is 0 Å². The Morgan fingerprint density at radius 2 is 1.23 bits per heavy atom. The lowest BCUT2D eigenvalue weighted by Crippen LogP contribution is -2.55. The summed E-state index contributed by atoms with van der Waals surface area (Å²) < 4.78 is 10.3. The fourth-order valence-electron chi connectivity index (χ4n) is 4.09. The van der Waals surface area contributed by atoms with Crippen molar-refractivity contribution in [1.82, 2.24) is 19.6 Å². The van der Waals surface area contributed by atoms with Gasteiger partial charge in [-0.3, -0.25) is 14.7 Å². The molecule has 0 spiro atoms. The second-order valence-corrected chi connectivity index (χ2v) is 7.92. The van der Waals surface area contributed by atoms with Gasteiger partial charge in [-0.25, -0.2) is 0 Å². The van der Waals surface area contributed by atoms with Gasteiger partial charge < -0.3 is 14.4 Å². The quantitative estimate of drug-likeness (QED) is 0.478. The van der Waals surface area contributed by atoms with Crippen molar-refractivity contribution in [2.75, 3.05) is 99.4 Å². The number of piperazine rings is 2. The molecule has 0 radical (unpaired) electrons. The third kappa shape index (κ3) is 8.19. The summed E-state index contributed by atoms with van der Waals surface area (Å²) in [5.41, 5.74) is 0. The van der Waals surface area contributed by atoms with Crippen LogP contribution in [-0.4, -0.2) is 125 Å². The van der Waals surface area contributed by atoms with Crippen LogP contribution in [0.15, 0.2) is 0 Å². The highest BCUT2D eigenvalue weighted by Gasteiger charge is 2.24. The first-order valence-electron chi connectivity index (χ1n) is 10.6. The van der Waals surface area contributed by atoms with Gasteiger partial charge in [0.2, 0.25) is 0 Å². The molecular weight excluding hydrogens is 328 g/mol. The average molecular weight is 371 g/mol. The average Bonchev–Trinajstić information content (AvgIpc) is 2.68. The maximum atomic E-state index is 5.20. The zero-order valence-corrected chi connectivity index (χ0v) is 17.5. The van der Waals surface area contributed by atoms with E-state index in [-0.39, 0.29) is 0 Å². The minimum absolute atomic E-state index is 0.667. The van der Waals surface area contributed by atoms with Gasteiger partial charge in [-0.05, 0) is 32.7 Å². The van der Waals surface area contributed by atoms with E-state index in [2.05, 4.69) is 26.5 Å². The third-order valence-corrected chi connectivity index (χ3v) is 5.95. The number of hydrogen-bond acceptors (Lipinski definition) is 6. The predicted octanol–water partition coefficient (Wildman–Crippen LogP) is 1.07. The molecule has 6 heteroatoms. The first-order chi connectivity index (χ1) is 12.7. The van der Waals surface area contributed by atoms with Gasteiger partial charge >= 0.3 is 0 Å². The van der Waals surface area contributed by atoms with E-state index in [4.69, 9.17) is 9.47 Å². The Kier molecular flexibility index (Phi) is 11.0. The number of rotatable bonds is 12. The van der Waals surface area contributed by atoms with E-state index >= 15 is 0 Å². The van der Waals surface area contributed by atoms with E-state index < -0.39 is 0 Å². The number of methoxy groups -OCH3 is 2. The highest BCUT2D eigenvalue weighted by Crippen LogP contribution is 2.10. The molecule has 2 heterocycles. The van der Waals surface area contributed by atoms with Gasteiger partial charge in [-0.2, -0.15) is 0 Å². The van der Waals surface area contributed by atoms with Crippen LogP contribution in [0, 0.1) is 0 Å². The van der Waals surface area contributed by atoms with Gasteiger partial charge in [0, 0.05) is 92.3 Å². The zero-order valence-electron chi connectivity index (χ0n) is 17.5. The SMILES string of the molecule is COCCCCCN1CCN(CC(C)N2CCN(CCOC)CC2)CC1. The van der Waals surface area contributed by atoms with Crippen LogP contribution in [0.1, 0.15) is 26.2 Å². The first kappa shape index (κ1) is 22.1. The highest BCUT2D eigenvalue weighted by molar-refractivity contribution is 4.80. The lowest BCUT2D eigenvalue weighted by molar-refractivity contribution is 0.0542. The van der Waals surface area contributed by atoms with Crippen molar-refractivity contribution in [3.05, 3.63) is 0 Å². The van der Waals surface area contributed by atoms with Crippen LogP contribution in [0.4, 0.5) is 0 Å². The second kappa shape index (κ2) is 13.0. The molecular formula is C20H42N4O2. The molecule has 0 aromatic carbocycles. The first-order valence-corrected chi connectivity index (χ1v) is 10.6. The molecule has 6 nitrogen and oxygen atoms in total. The molecule has 2 aliphatic heterocycles. The van der Waals surface area contributed by atoms with Crippen molar-refractivity contribution in [3.63, 3.8) is 0 Å². The summed E-state index contributed by atoms with van der Waals surface area (Å²) in [5.74, 6) is 0. The normalized spacial score (nSPS) is 22.7. The third-order valence-electron chi connectivity index (χ3n) is 5.95. The lowest BCUT2D eigenvalue weighted by Gasteiger charge is -2.41. The number of unbranched alkanes of at least 4 members (excludes halogenated alkanes) is 2. The van der Waals surface area contributed by atoms with Crippen molar-refractivity contribution >= 4 is 0 Å². The van der Waals surface area contributed by atoms with Crippen LogP contribution in [-0.2, 0) is 9.47 Å². The van der Waals surface area contributed by atoms with Crippen molar-refractivity contribution < 1.29 is 9.47 Å². The standard InChI is InChI=1S/C20H42N4O2/c1-20(24-14-12-22(13-15-24)16-18-26-3)19-23-10-8-21(9-11-23)7-5-4-6-17-25-2/h20H,4-19H2,1-3H3. The Morgan fingerprint density at radius 3 is 1.88 bits per heavy atom. The van der Waals surface area contributed by atoms with Gasteiger partial charge in [0.05, 0.1) is 6.61 Å². The Hall–Kier alpha value is -0.240.